The quantitative estimate of drug-likeness (QED) is 0.786. The van der Waals surface area contributed by atoms with Crippen LogP contribution in [0.15, 0.2) is 6.33 Å². The van der Waals surface area contributed by atoms with Gasteiger partial charge in [-0.2, -0.15) is 0 Å². The lowest BCUT2D eigenvalue weighted by Crippen LogP contribution is -2.41. The van der Waals surface area contributed by atoms with Gasteiger partial charge in [0.05, 0.1) is 0 Å². The molecule has 3 nitrogen and oxygen atoms in total. The molecule has 1 aliphatic heterocycles. The summed E-state index contributed by atoms with van der Waals surface area (Å²) >= 11 is 3.64. The molecule has 0 amide bonds. The van der Waals surface area contributed by atoms with E-state index >= 15 is 0 Å². The maximum Gasteiger partial charge on any atom is 0.135 e. The van der Waals surface area contributed by atoms with Crippen LogP contribution in [0.25, 0.3) is 0 Å². The number of rotatable bonds is 2. The Labute approximate surface area is 111 Å². The van der Waals surface area contributed by atoms with Gasteiger partial charge in [0.1, 0.15) is 12.1 Å². The van der Waals surface area contributed by atoms with Crippen molar-refractivity contribution in [1.82, 2.24) is 9.97 Å². The number of halogens is 1. The zero-order valence-corrected chi connectivity index (χ0v) is 11.6. The van der Waals surface area contributed by atoms with E-state index in [4.69, 9.17) is 0 Å². The highest BCUT2D eigenvalue weighted by Gasteiger charge is 2.27. The van der Waals surface area contributed by atoms with Crippen molar-refractivity contribution in [3.8, 4) is 0 Å². The van der Waals surface area contributed by atoms with Crippen LogP contribution >= 0.6 is 15.9 Å². The molecule has 1 aromatic rings. The van der Waals surface area contributed by atoms with E-state index in [2.05, 4.69) is 30.8 Å². The molecule has 3 rings (SSSR count). The van der Waals surface area contributed by atoms with Crippen molar-refractivity contribution in [3.63, 3.8) is 0 Å². The Morgan fingerprint density at radius 1 is 1.24 bits per heavy atom. The van der Waals surface area contributed by atoms with Crippen LogP contribution < -0.4 is 4.90 Å². The molecule has 1 atom stereocenters. The molecule has 1 aliphatic carbocycles. The molecule has 0 spiro atoms. The van der Waals surface area contributed by atoms with Gasteiger partial charge in [-0.05, 0) is 38.5 Å². The standard InChI is InChI=1S/C13H18BrN3/c14-8-10-4-1-2-7-17(10)13-11-5-3-6-12(11)15-9-16-13/h9-10H,1-8H2. The third-order valence-electron chi connectivity index (χ3n) is 3.93. The molecule has 17 heavy (non-hydrogen) atoms. The van der Waals surface area contributed by atoms with Crippen LogP contribution in [0.3, 0.4) is 0 Å². The monoisotopic (exact) mass is 295 g/mol. The molecule has 2 heterocycles. The van der Waals surface area contributed by atoms with Gasteiger partial charge in [0, 0.05) is 29.2 Å². The number of fused-ring (bicyclic) bond motifs is 1. The van der Waals surface area contributed by atoms with Gasteiger partial charge in [-0.3, -0.25) is 0 Å². The van der Waals surface area contributed by atoms with Crippen molar-refractivity contribution in [2.24, 2.45) is 0 Å². The molecule has 1 fully saturated rings. The van der Waals surface area contributed by atoms with Gasteiger partial charge in [-0.1, -0.05) is 15.9 Å². The Morgan fingerprint density at radius 2 is 2.18 bits per heavy atom. The molecule has 0 aromatic carbocycles. The molecule has 2 aliphatic rings. The Bertz CT molecular complexity index is 408. The van der Waals surface area contributed by atoms with Gasteiger partial charge in [0.2, 0.25) is 0 Å². The van der Waals surface area contributed by atoms with E-state index in [1.165, 1.54) is 42.8 Å². The average Bonchev–Trinajstić information content (AvgIpc) is 2.86. The zero-order valence-electron chi connectivity index (χ0n) is 10.0. The minimum absolute atomic E-state index is 0.614. The summed E-state index contributed by atoms with van der Waals surface area (Å²) in [5, 5.41) is 1.05. The fourth-order valence-corrected chi connectivity index (χ4v) is 3.70. The van der Waals surface area contributed by atoms with Gasteiger partial charge in [0.25, 0.3) is 0 Å². The van der Waals surface area contributed by atoms with Crippen molar-refractivity contribution in [2.75, 3.05) is 16.8 Å². The smallest absolute Gasteiger partial charge is 0.135 e. The summed E-state index contributed by atoms with van der Waals surface area (Å²) < 4.78 is 0. The topological polar surface area (TPSA) is 29.0 Å². The van der Waals surface area contributed by atoms with Crippen LogP contribution in [-0.2, 0) is 12.8 Å². The predicted molar refractivity (Wildman–Crippen MR) is 72.8 cm³/mol. The molecule has 4 heteroatoms. The minimum atomic E-state index is 0.614. The van der Waals surface area contributed by atoms with Crippen molar-refractivity contribution >= 4 is 21.7 Å². The van der Waals surface area contributed by atoms with Crippen LogP contribution in [0.5, 0.6) is 0 Å². The van der Waals surface area contributed by atoms with Gasteiger partial charge >= 0.3 is 0 Å². The van der Waals surface area contributed by atoms with Crippen LogP contribution in [-0.4, -0.2) is 27.9 Å². The van der Waals surface area contributed by atoms with Crippen LogP contribution in [0.2, 0.25) is 0 Å². The first-order valence-electron chi connectivity index (χ1n) is 6.55. The summed E-state index contributed by atoms with van der Waals surface area (Å²) in [7, 11) is 0. The number of anilines is 1. The number of aryl methyl sites for hydroxylation is 1. The Balaban J connectivity index is 1.95. The lowest BCUT2D eigenvalue weighted by atomic mass is 10.0. The van der Waals surface area contributed by atoms with E-state index < -0.39 is 0 Å². The van der Waals surface area contributed by atoms with Crippen molar-refractivity contribution in [1.29, 1.82) is 0 Å². The molecule has 1 unspecified atom stereocenters. The Hall–Kier alpha value is -0.640. The molecule has 92 valence electrons. The van der Waals surface area contributed by atoms with Gasteiger partial charge in [-0.25, -0.2) is 9.97 Å². The van der Waals surface area contributed by atoms with Crippen LogP contribution in [0, 0.1) is 0 Å². The minimum Gasteiger partial charge on any atom is -0.352 e. The maximum absolute atomic E-state index is 4.57. The lowest BCUT2D eigenvalue weighted by molar-refractivity contribution is 0.486. The van der Waals surface area contributed by atoms with Crippen molar-refractivity contribution in [3.05, 3.63) is 17.6 Å². The first-order chi connectivity index (χ1) is 8.40. The highest BCUT2D eigenvalue weighted by Crippen LogP contribution is 2.32. The normalized spacial score (nSPS) is 23.8. The van der Waals surface area contributed by atoms with E-state index in [0.29, 0.717) is 6.04 Å². The van der Waals surface area contributed by atoms with E-state index in [1.807, 2.05) is 0 Å². The lowest BCUT2D eigenvalue weighted by Gasteiger charge is -2.36. The van der Waals surface area contributed by atoms with Crippen LogP contribution in [0.4, 0.5) is 5.82 Å². The largest absolute Gasteiger partial charge is 0.352 e. The van der Waals surface area contributed by atoms with E-state index in [9.17, 15) is 0 Å². The molecule has 0 bridgehead atoms. The number of nitrogens with zero attached hydrogens (tertiary/aromatic N) is 3. The second-order valence-electron chi connectivity index (χ2n) is 4.97. The molecule has 1 saturated heterocycles. The number of hydrogen-bond donors (Lipinski definition) is 0. The first-order valence-corrected chi connectivity index (χ1v) is 7.67. The van der Waals surface area contributed by atoms with Crippen LogP contribution in [0.1, 0.15) is 36.9 Å². The highest BCUT2D eigenvalue weighted by atomic mass is 79.9. The van der Waals surface area contributed by atoms with E-state index in [1.54, 1.807) is 6.33 Å². The fraction of sp³-hybridized carbons (Fsp3) is 0.692. The predicted octanol–water partition coefficient (Wildman–Crippen LogP) is 2.72. The Kier molecular flexibility index (Phi) is 3.32. The van der Waals surface area contributed by atoms with Gasteiger partial charge < -0.3 is 4.90 Å². The van der Waals surface area contributed by atoms with E-state index in [0.717, 1.165) is 24.7 Å². The van der Waals surface area contributed by atoms with Gasteiger partial charge in [0.15, 0.2) is 0 Å². The SMILES string of the molecule is BrCC1CCCCN1c1ncnc2c1CCC2. The average molecular weight is 296 g/mol. The Morgan fingerprint density at radius 3 is 3.06 bits per heavy atom. The molecule has 0 radical (unpaired) electrons. The highest BCUT2D eigenvalue weighted by molar-refractivity contribution is 9.09. The number of hydrogen-bond acceptors (Lipinski definition) is 3. The maximum atomic E-state index is 4.57. The van der Waals surface area contributed by atoms with Crippen molar-refractivity contribution < 1.29 is 0 Å². The molecular formula is C13H18BrN3. The summed E-state index contributed by atoms with van der Waals surface area (Å²) in [4.78, 5) is 11.5. The second kappa shape index (κ2) is 4.92. The molecule has 0 N–H and O–H groups in total. The molecule has 1 aromatic heterocycles. The summed E-state index contributed by atoms with van der Waals surface area (Å²) in [5.41, 5.74) is 2.70. The summed E-state index contributed by atoms with van der Waals surface area (Å²) in [6.45, 7) is 1.15. The summed E-state index contributed by atoms with van der Waals surface area (Å²) in [6, 6.07) is 0.614. The zero-order chi connectivity index (χ0) is 11.7. The number of aromatic nitrogens is 2. The van der Waals surface area contributed by atoms with Crippen molar-refractivity contribution in [2.45, 2.75) is 44.6 Å². The first kappa shape index (κ1) is 11.5. The third kappa shape index (κ3) is 2.07. The summed E-state index contributed by atoms with van der Waals surface area (Å²) in [5.74, 6) is 1.22. The second-order valence-corrected chi connectivity index (χ2v) is 5.62. The van der Waals surface area contributed by atoms with Gasteiger partial charge in [-0.15, -0.1) is 0 Å². The molecule has 0 saturated carbocycles. The number of piperidine rings is 1. The molecular weight excluding hydrogens is 278 g/mol. The van der Waals surface area contributed by atoms with E-state index in [-0.39, 0.29) is 0 Å². The fourth-order valence-electron chi connectivity index (χ4n) is 3.03. The third-order valence-corrected chi connectivity index (χ3v) is 4.68. The number of alkyl halides is 1. The summed E-state index contributed by atoms with van der Waals surface area (Å²) in [6.07, 6.45) is 9.22.